The maximum Gasteiger partial charge on any atom is 0.263 e. The number of nitrogens with zero attached hydrogens (tertiary/aromatic N) is 3. The van der Waals surface area contributed by atoms with E-state index >= 15 is 0 Å². The number of nitrogens with one attached hydrogen (secondary N) is 1. The lowest BCUT2D eigenvalue weighted by Gasteiger charge is -2.20. The van der Waals surface area contributed by atoms with E-state index in [0.29, 0.717) is 22.6 Å². The molecule has 0 atom stereocenters. The van der Waals surface area contributed by atoms with E-state index in [4.69, 9.17) is 4.98 Å². The number of amides is 1. The maximum absolute atomic E-state index is 13.9. The monoisotopic (exact) mass is 416 g/mol. The van der Waals surface area contributed by atoms with Gasteiger partial charge in [-0.2, -0.15) is 0 Å². The molecule has 2 aromatic heterocycles. The Kier molecular flexibility index (Phi) is 6.44. The van der Waals surface area contributed by atoms with Crippen molar-refractivity contribution in [1.29, 1.82) is 0 Å². The number of thiophene rings is 1. The van der Waals surface area contributed by atoms with E-state index in [-0.39, 0.29) is 17.8 Å². The van der Waals surface area contributed by atoms with Crippen molar-refractivity contribution >= 4 is 33.1 Å². The fraction of sp³-hybridized carbons (Fsp3) is 0.381. The second kappa shape index (κ2) is 8.84. The first-order chi connectivity index (χ1) is 13.8. The molecule has 0 aliphatic heterocycles. The Morgan fingerprint density at radius 1 is 1.24 bits per heavy atom. The van der Waals surface area contributed by atoms with Crippen LogP contribution in [0.15, 0.2) is 29.1 Å². The van der Waals surface area contributed by atoms with Gasteiger partial charge >= 0.3 is 0 Å². The molecule has 29 heavy (non-hydrogen) atoms. The van der Waals surface area contributed by atoms with Crippen LogP contribution in [-0.4, -0.2) is 33.4 Å². The van der Waals surface area contributed by atoms with Crippen molar-refractivity contribution in [3.05, 3.63) is 56.7 Å². The number of hydrogen-bond donors (Lipinski definition) is 1. The van der Waals surface area contributed by atoms with Gasteiger partial charge in [-0.15, -0.1) is 11.3 Å². The molecule has 0 bridgehead atoms. The first kappa shape index (κ1) is 21.1. The number of rotatable bonds is 7. The Balaban J connectivity index is 2.02. The van der Waals surface area contributed by atoms with Crippen LogP contribution in [0.5, 0.6) is 0 Å². The van der Waals surface area contributed by atoms with Gasteiger partial charge in [-0.1, -0.05) is 26.0 Å². The Labute approximate surface area is 173 Å². The van der Waals surface area contributed by atoms with Crippen LogP contribution in [0, 0.1) is 19.7 Å². The summed E-state index contributed by atoms with van der Waals surface area (Å²) in [7, 11) is 0. The zero-order chi connectivity index (χ0) is 21.1. The molecule has 3 rings (SSSR count). The minimum Gasteiger partial charge on any atom is -0.322 e. The SMILES string of the molecule is CCN(CC)Cc1nc2sc(C)c(C)c2c(=O)n1CC(=O)Nc1ccccc1F. The number of halogens is 1. The van der Waals surface area contributed by atoms with Crippen LogP contribution >= 0.6 is 11.3 Å². The molecule has 154 valence electrons. The minimum absolute atomic E-state index is 0.0902. The summed E-state index contributed by atoms with van der Waals surface area (Å²) in [5.41, 5.74) is 0.746. The molecule has 0 aliphatic carbocycles. The molecule has 1 amide bonds. The number of carbonyl (C=O) groups is 1. The smallest absolute Gasteiger partial charge is 0.263 e. The van der Waals surface area contributed by atoms with Crippen molar-refractivity contribution in [3.8, 4) is 0 Å². The van der Waals surface area contributed by atoms with Gasteiger partial charge in [-0.25, -0.2) is 9.37 Å². The average Bonchev–Trinajstić information content (AvgIpc) is 2.98. The van der Waals surface area contributed by atoms with Crippen molar-refractivity contribution in [2.45, 2.75) is 40.8 Å². The Hall–Kier alpha value is -2.58. The van der Waals surface area contributed by atoms with Gasteiger partial charge in [0.05, 0.1) is 17.6 Å². The van der Waals surface area contributed by atoms with Crippen LogP contribution in [0.4, 0.5) is 10.1 Å². The van der Waals surface area contributed by atoms with E-state index in [1.54, 1.807) is 12.1 Å². The average molecular weight is 417 g/mol. The van der Waals surface area contributed by atoms with E-state index in [1.807, 2.05) is 27.7 Å². The molecule has 0 saturated heterocycles. The lowest BCUT2D eigenvalue weighted by atomic mass is 10.2. The van der Waals surface area contributed by atoms with Gasteiger partial charge in [0.1, 0.15) is 23.0 Å². The zero-order valence-corrected chi connectivity index (χ0v) is 17.9. The number of carbonyl (C=O) groups excluding carboxylic acids is 1. The molecule has 3 aromatic rings. The molecule has 0 spiro atoms. The number of para-hydroxylation sites is 1. The van der Waals surface area contributed by atoms with Crippen molar-refractivity contribution < 1.29 is 9.18 Å². The summed E-state index contributed by atoms with van der Waals surface area (Å²) in [6.45, 7) is 9.76. The summed E-state index contributed by atoms with van der Waals surface area (Å²) < 4.78 is 15.3. The second-order valence-electron chi connectivity index (χ2n) is 6.87. The summed E-state index contributed by atoms with van der Waals surface area (Å²) in [4.78, 5) is 34.4. The number of anilines is 1. The van der Waals surface area contributed by atoms with Crippen molar-refractivity contribution in [3.63, 3.8) is 0 Å². The van der Waals surface area contributed by atoms with Crippen LogP contribution in [0.2, 0.25) is 0 Å². The van der Waals surface area contributed by atoms with Crippen LogP contribution in [0.3, 0.4) is 0 Å². The van der Waals surface area contributed by atoms with Crippen LogP contribution in [-0.2, 0) is 17.9 Å². The van der Waals surface area contributed by atoms with E-state index < -0.39 is 11.7 Å². The molecule has 2 heterocycles. The predicted molar refractivity (Wildman–Crippen MR) is 115 cm³/mol. The first-order valence-electron chi connectivity index (χ1n) is 9.61. The summed E-state index contributed by atoms with van der Waals surface area (Å²) >= 11 is 1.49. The molecular weight excluding hydrogens is 391 g/mol. The van der Waals surface area contributed by atoms with Crippen LogP contribution in [0.1, 0.15) is 30.1 Å². The molecular formula is C21H25FN4O2S. The molecule has 0 saturated carbocycles. The van der Waals surface area contributed by atoms with Crippen LogP contribution < -0.4 is 10.9 Å². The summed E-state index contributed by atoms with van der Waals surface area (Å²) in [6, 6.07) is 5.96. The topological polar surface area (TPSA) is 67.2 Å². The Bertz CT molecular complexity index is 1100. The first-order valence-corrected chi connectivity index (χ1v) is 10.4. The maximum atomic E-state index is 13.9. The molecule has 0 fully saturated rings. The molecule has 1 N–H and O–H groups in total. The van der Waals surface area contributed by atoms with Crippen molar-refractivity contribution in [1.82, 2.24) is 14.5 Å². The van der Waals surface area contributed by atoms with E-state index in [0.717, 1.165) is 23.5 Å². The Morgan fingerprint density at radius 3 is 2.59 bits per heavy atom. The van der Waals surface area contributed by atoms with Crippen LogP contribution in [0.25, 0.3) is 10.2 Å². The summed E-state index contributed by atoms with van der Waals surface area (Å²) in [5.74, 6) is -0.450. The number of aromatic nitrogens is 2. The van der Waals surface area contributed by atoms with Crippen molar-refractivity contribution in [2.24, 2.45) is 0 Å². The predicted octanol–water partition coefficient (Wildman–Crippen LogP) is 3.69. The molecule has 0 radical (unpaired) electrons. The fourth-order valence-corrected chi connectivity index (χ4v) is 4.23. The van der Waals surface area contributed by atoms with Gasteiger partial charge in [0.25, 0.3) is 5.56 Å². The lowest BCUT2D eigenvalue weighted by Crippen LogP contribution is -2.34. The zero-order valence-electron chi connectivity index (χ0n) is 17.1. The van der Waals surface area contributed by atoms with Gasteiger partial charge in [0, 0.05) is 4.88 Å². The van der Waals surface area contributed by atoms with Gasteiger partial charge in [0.15, 0.2) is 0 Å². The number of benzene rings is 1. The quantitative estimate of drug-likeness (QED) is 0.638. The van der Waals surface area contributed by atoms with E-state index in [9.17, 15) is 14.0 Å². The van der Waals surface area contributed by atoms with Gasteiger partial charge in [0.2, 0.25) is 5.91 Å². The third kappa shape index (κ3) is 4.38. The lowest BCUT2D eigenvalue weighted by molar-refractivity contribution is -0.116. The highest BCUT2D eigenvalue weighted by Crippen LogP contribution is 2.26. The molecule has 0 unspecified atom stereocenters. The number of fused-ring (bicyclic) bond motifs is 1. The number of hydrogen-bond acceptors (Lipinski definition) is 5. The standard InChI is InChI=1S/C21H25FN4O2S/c1-5-25(6-2)11-17-24-20-19(13(3)14(4)29-20)21(28)26(17)12-18(27)23-16-10-8-7-9-15(16)22/h7-10H,5-6,11-12H2,1-4H3,(H,23,27). The van der Waals surface area contributed by atoms with E-state index in [1.165, 1.54) is 28.0 Å². The number of aryl methyl sites for hydroxylation is 2. The Morgan fingerprint density at radius 2 is 1.93 bits per heavy atom. The summed E-state index contributed by atoms with van der Waals surface area (Å²) in [6.07, 6.45) is 0. The van der Waals surface area contributed by atoms with Gasteiger partial charge in [-0.3, -0.25) is 19.1 Å². The molecule has 6 nitrogen and oxygen atoms in total. The van der Waals surface area contributed by atoms with Crippen molar-refractivity contribution in [2.75, 3.05) is 18.4 Å². The highest BCUT2D eigenvalue weighted by atomic mass is 32.1. The molecule has 0 aliphatic rings. The minimum atomic E-state index is -0.519. The second-order valence-corrected chi connectivity index (χ2v) is 8.08. The third-order valence-corrected chi connectivity index (χ3v) is 6.18. The highest BCUT2D eigenvalue weighted by molar-refractivity contribution is 7.18. The largest absolute Gasteiger partial charge is 0.322 e. The normalized spacial score (nSPS) is 11.4. The highest BCUT2D eigenvalue weighted by Gasteiger charge is 2.19. The summed E-state index contributed by atoms with van der Waals surface area (Å²) in [5, 5.41) is 3.10. The van der Waals surface area contributed by atoms with Gasteiger partial charge < -0.3 is 5.32 Å². The molecule has 1 aromatic carbocycles. The molecule has 8 heteroatoms. The van der Waals surface area contributed by atoms with Gasteiger partial charge in [-0.05, 0) is 44.6 Å². The van der Waals surface area contributed by atoms with E-state index in [2.05, 4.69) is 10.2 Å². The fourth-order valence-electron chi connectivity index (χ4n) is 3.20. The third-order valence-electron chi connectivity index (χ3n) is 5.08.